The monoisotopic (exact) mass is 280 g/mol. The molecule has 0 aliphatic rings. The molecule has 0 bridgehead atoms. The number of rotatable bonds is 4. The number of alkyl carbamates (subject to hydrolysis) is 1. The van der Waals surface area contributed by atoms with E-state index in [-0.39, 0.29) is 0 Å². The van der Waals surface area contributed by atoms with Crippen LogP contribution in [0.4, 0.5) is 10.5 Å². The first-order valence-electron chi connectivity index (χ1n) is 6.20. The second kappa shape index (κ2) is 5.81. The average Bonchev–Trinajstić information content (AvgIpc) is 2.26. The van der Waals surface area contributed by atoms with Gasteiger partial charge in [-0.15, -0.1) is 0 Å². The van der Waals surface area contributed by atoms with Gasteiger partial charge in [-0.25, -0.2) is 9.59 Å². The quantitative estimate of drug-likeness (QED) is 0.737. The van der Waals surface area contributed by atoms with Crippen LogP contribution < -0.4 is 10.6 Å². The Kier molecular flexibility index (Phi) is 4.60. The Bertz CT molecular complexity index is 482. The van der Waals surface area contributed by atoms with Gasteiger partial charge in [0.2, 0.25) is 5.66 Å². The number of hydrogen-bond donors (Lipinski definition) is 3. The number of carbonyl (C=O) groups excluding carboxylic acids is 1. The largest absolute Gasteiger partial charge is 0.478 e. The van der Waals surface area contributed by atoms with Crippen molar-refractivity contribution in [2.45, 2.75) is 39.0 Å². The van der Waals surface area contributed by atoms with E-state index in [1.54, 1.807) is 45.0 Å². The minimum absolute atomic E-state index is 0.577. The maximum Gasteiger partial charge on any atom is 0.409 e. The van der Waals surface area contributed by atoms with E-state index in [1.165, 1.54) is 6.92 Å². The number of anilines is 1. The normalized spacial score (nSPS) is 14.0. The summed E-state index contributed by atoms with van der Waals surface area (Å²) in [7, 11) is 0. The molecule has 3 N–H and O–H groups in total. The highest BCUT2D eigenvalue weighted by Crippen LogP contribution is 2.14. The van der Waals surface area contributed by atoms with Crippen LogP contribution in [0.2, 0.25) is 0 Å². The van der Waals surface area contributed by atoms with Crippen molar-refractivity contribution in [1.82, 2.24) is 5.32 Å². The smallest absolute Gasteiger partial charge is 0.409 e. The molecule has 0 radical (unpaired) electrons. The molecule has 0 saturated heterocycles. The molecule has 1 unspecified atom stereocenters. The van der Waals surface area contributed by atoms with E-state index < -0.39 is 23.3 Å². The Morgan fingerprint density at radius 3 is 2.10 bits per heavy atom. The number of amides is 1. The van der Waals surface area contributed by atoms with E-state index in [4.69, 9.17) is 4.74 Å². The van der Waals surface area contributed by atoms with Crippen molar-refractivity contribution in [1.29, 1.82) is 0 Å². The summed E-state index contributed by atoms with van der Waals surface area (Å²) in [5.41, 5.74) is -1.78. The third-order valence-electron chi connectivity index (χ3n) is 2.35. The van der Waals surface area contributed by atoms with Gasteiger partial charge in [0.25, 0.3) is 0 Å². The fourth-order valence-corrected chi connectivity index (χ4v) is 1.46. The number of carboxylic acid groups (broad SMARTS) is 1. The Balaban J connectivity index is 2.82. The van der Waals surface area contributed by atoms with Crippen LogP contribution >= 0.6 is 0 Å². The predicted molar refractivity (Wildman–Crippen MR) is 75.5 cm³/mol. The molecule has 6 nitrogen and oxygen atoms in total. The molecular formula is C14H20N2O4. The first-order chi connectivity index (χ1) is 9.12. The molecule has 6 heteroatoms. The van der Waals surface area contributed by atoms with Crippen LogP contribution in [0.3, 0.4) is 0 Å². The van der Waals surface area contributed by atoms with Gasteiger partial charge in [-0.05, 0) is 39.8 Å². The standard InChI is InChI=1S/C14H20N2O4/c1-13(2,3)20-12(19)16-14(4,11(17)18)15-10-8-6-5-7-9-10/h5-9,15H,1-4H3,(H,16,19)(H,17,18). The van der Waals surface area contributed by atoms with Crippen LogP contribution in [0.25, 0.3) is 0 Å². The molecule has 1 amide bonds. The minimum atomic E-state index is -1.66. The van der Waals surface area contributed by atoms with Gasteiger partial charge in [0.05, 0.1) is 0 Å². The van der Waals surface area contributed by atoms with Crippen LogP contribution in [0.1, 0.15) is 27.7 Å². The maximum absolute atomic E-state index is 11.7. The predicted octanol–water partition coefficient (Wildman–Crippen LogP) is 2.42. The van der Waals surface area contributed by atoms with Crippen LogP contribution in [0.15, 0.2) is 30.3 Å². The molecule has 0 aliphatic carbocycles. The number of carbonyl (C=O) groups is 2. The zero-order valence-electron chi connectivity index (χ0n) is 12.1. The number of aliphatic carboxylic acids is 1. The maximum atomic E-state index is 11.7. The number of carboxylic acids is 1. The summed E-state index contributed by atoms with van der Waals surface area (Å²) in [5.74, 6) is -1.22. The summed E-state index contributed by atoms with van der Waals surface area (Å²) in [6.45, 7) is 6.46. The fourth-order valence-electron chi connectivity index (χ4n) is 1.46. The number of nitrogens with one attached hydrogen (secondary N) is 2. The van der Waals surface area contributed by atoms with Crippen molar-refractivity contribution in [3.63, 3.8) is 0 Å². The Hall–Kier alpha value is -2.24. The summed E-state index contributed by atoms with van der Waals surface area (Å²) >= 11 is 0. The van der Waals surface area contributed by atoms with E-state index >= 15 is 0 Å². The molecule has 0 aromatic heterocycles. The summed E-state index contributed by atoms with van der Waals surface area (Å²) in [5, 5.41) is 14.4. The second-order valence-electron chi connectivity index (χ2n) is 5.55. The van der Waals surface area contributed by atoms with Gasteiger partial charge in [-0.1, -0.05) is 18.2 Å². The molecular weight excluding hydrogens is 260 g/mol. The summed E-state index contributed by atoms with van der Waals surface area (Å²) < 4.78 is 5.07. The SMILES string of the molecule is CC(C)(C)OC(=O)NC(C)(Nc1ccccc1)C(=O)O. The number of hydrogen-bond acceptors (Lipinski definition) is 4. The second-order valence-corrected chi connectivity index (χ2v) is 5.55. The average molecular weight is 280 g/mol. The Labute approximate surface area is 118 Å². The van der Waals surface area contributed by atoms with Crippen molar-refractivity contribution in [2.75, 3.05) is 5.32 Å². The zero-order valence-corrected chi connectivity index (χ0v) is 12.1. The highest BCUT2D eigenvalue weighted by Gasteiger charge is 2.36. The van der Waals surface area contributed by atoms with Crippen LogP contribution in [-0.4, -0.2) is 28.4 Å². The summed E-state index contributed by atoms with van der Waals surface area (Å²) in [6, 6.07) is 8.75. The van der Waals surface area contributed by atoms with E-state index in [2.05, 4.69) is 10.6 Å². The van der Waals surface area contributed by atoms with Crippen molar-refractivity contribution in [3.05, 3.63) is 30.3 Å². The van der Waals surface area contributed by atoms with E-state index in [9.17, 15) is 14.7 Å². The summed E-state index contributed by atoms with van der Waals surface area (Å²) in [6.07, 6.45) is -0.800. The van der Waals surface area contributed by atoms with Crippen LogP contribution in [0.5, 0.6) is 0 Å². The molecule has 1 aromatic carbocycles. The molecule has 0 spiro atoms. The minimum Gasteiger partial charge on any atom is -0.478 e. The van der Waals surface area contributed by atoms with Crippen molar-refractivity contribution in [3.8, 4) is 0 Å². The number of para-hydroxylation sites is 1. The topological polar surface area (TPSA) is 87.7 Å². The molecule has 1 atom stereocenters. The molecule has 20 heavy (non-hydrogen) atoms. The molecule has 0 fully saturated rings. The number of benzene rings is 1. The molecule has 0 saturated carbocycles. The van der Waals surface area contributed by atoms with Gasteiger partial charge in [0.1, 0.15) is 5.60 Å². The van der Waals surface area contributed by atoms with Crippen molar-refractivity contribution >= 4 is 17.7 Å². The van der Waals surface area contributed by atoms with Crippen molar-refractivity contribution in [2.24, 2.45) is 0 Å². The van der Waals surface area contributed by atoms with Gasteiger partial charge >= 0.3 is 12.1 Å². The number of ether oxygens (including phenoxy) is 1. The van der Waals surface area contributed by atoms with Crippen molar-refractivity contribution < 1.29 is 19.4 Å². The van der Waals surface area contributed by atoms with E-state index in [0.29, 0.717) is 5.69 Å². The molecule has 0 aliphatic heterocycles. The fraction of sp³-hybridized carbons (Fsp3) is 0.429. The van der Waals surface area contributed by atoms with Crippen LogP contribution in [0, 0.1) is 0 Å². The molecule has 1 rings (SSSR count). The molecule has 0 heterocycles. The third kappa shape index (κ3) is 4.79. The van der Waals surface area contributed by atoms with Gasteiger partial charge in [-0.3, -0.25) is 5.32 Å². The van der Waals surface area contributed by atoms with Crippen LogP contribution in [-0.2, 0) is 9.53 Å². The van der Waals surface area contributed by atoms with E-state index in [1.807, 2.05) is 6.07 Å². The van der Waals surface area contributed by atoms with Gasteiger partial charge in [0.15, 0.2) is 0 Å². The van der Waals surface area contributed by atoms with Gasteiger partial charge in [-0.2, -0.15) is 0 Å². The lowest BCUT2D eigenvalue weighted by atomic mass is 10.1. The third-order valence-corrected chi connectivity index (χ3v) is 2.35. The first-order valence-corrected chi connectivity index (χ1v) is 6.20. The first kappa shape index (κ1) is 15.8. The molecule has 1 aromatic rings. The lowest BCUT2D eigenvalue weighted by Crippen LogP contribution is -2.58. The highest BCUT2D eigenvalue weighted by atomic mass is 16.6. The summed E-state index contributed by atoms with van der Waals surface area (Å²) in [4.78, 5) is 23.1. The highest BCUT2D eigenvalue weighted by molar-refractivity contribution is 5.86. The Morgan fingerprint density at radius 1 is 1.10 bits per heavy atom. The lowest BCUT2D eigenvalue weighted by Gasteiger charge is -2.30. The van der Waals surface area contributed by atoms with Gasteiger partial charge < -0.3 is 15.2 Å². The zero-order chi connectivity index (χ0) is 15.4. The Morgan fingerprint density at radius 2 is 1.65 bits per heavy atom. The van der Waals surface area contributed by atoms with Gasteiger partial charge in [0, 0.05) is 5.69 Å². The van der Waals surface area contributed by atoms with E-state index in [0.717, 1.165) is 0 Å². The molecule has 110 valence electrons. The lowest BCUT2D eigenvalue weighted by molar-refractivity contribution is -0.142.